The number of amides is 1. The predicted octanol–water partition coefficient (Wildman–Crippen LogP) is 3.29. The van der Waals surface area contributed by atoms with Crippen LogP contribution in [0.1, 0.15) is 39.2 Å². The number of nitrogens with one attached hydrogen (secondary N) is 2. The fourth-order valence-corrected chi connectivity index (χ4v) is 1.81. The number of carbonyl (C=O) groups is 1. The number of nitrogens with two attached hydrogens (primary N) is 1. The lowest BCUT2D eigenvalue weighted by Crippen LogP contribution is -2.33. The number of unbranched alkanes of at least 4 members (excludes halogenated alkanes) is 1. The molecule has 0 bridgehead atoms. The van der Waals surface area contributed by atoms with Crippen molar-refractivity contribution in [3.05, 3.63) is 23.8 Å². The van der Waals surface area contributed by atoms with E-state index in [2.05, 4.69) is 10.6 Å². The molecule has 118 valence electrons. The highest BCUT2D eigenvalue weighted by molar-refractivity contribution is 5.69. The van der Waals surface area contributed by atoms with Crippen LogP contribution in [0, 0.1) is 6.92 Å². The molecule has 5 heteroatoms. The zero-order valence-corrected chi connectivity index (χ0v) is 13.5. The molecule has 0 aromatic heterocycles. The number of hydrogen-bond acceptors (Lipinski definition) is 4. The normalized spacial score (nSPS) is 11.0. The van der Waals surface area contributed by atoms with Crippen LogP contribution in [-0.4, -0.2) is 24.8 Å². The molecule has 1 amide bonds. The molecule has 1 aromatic rings. The summed E-state index contributed by atoms with van der Waals surface area (Å²) in [5, 5.41) is 6.06. The highest BCUT2D eigenvalue weighted by Crippen LogP contribution is 2.21. The number of rotatable bonds is 6. The first-order valence-electron chi connectivity index (χ1n) is 7.35. The average molecular weight is 293 g/mol. The average Bonchev–Trinajstić information content (AvgIpc) is 2.36. The van der Waals surface area contributed by atoms with E-state index in [1.807, 2.05) is 45.9 Å². The summed E-state index contributed by atoms with van der Waals surface area (Å²) in [6, 6.07) is 5.95. The minimum absolute atomic E-state index is 0.363. The van der Waals surface area contributed by atoms with E-state index in [0.29, 0.717) is 6.54 Å². The van der Waals surface area contributed by atoms with E-state index in [9.17, 15) is 4.79 Å². The Hall–Kier alpha value is -1.91. The van der Waals surface area contributed by atoms with Gasteiger partial charge in [-0.3, -0.25) is 0 Å². The fraction of sp³-hybridized carbons (Fsp3) is 0.562. The van der Waals surface area contributed by atoms with Crippen molar-refractivity contribution in [2.45, 2.75) is 46.1 Å². The zero-order chi connectivity index (χ0) is 15.9. The van der Waals surface area contributed by atoms with Crippen molar-refractivity contribution in [2.24, 2.45) is 0 Å². The van der Waals surface area contributed by atoms with Gasteiger partial charge in [0, 0.05) is 13.1 Å². The van der Waals surface area contributed by atoms with Crippen molar-refractivity contribution in [3.63, 3.8) is 0 Å². The second-order valence-corrected chi connectivity index (χ2v) is 6.10. The summed E-state index contributed by atoms with van der Waals surface area (Å²) in [5.74, 6) is 0. The third-order valence-corrected chi connectivity index (χ3v) is 2.91. The van der Waals surface area contributed by atoms with Gasteiger partial charge in [0.25, 0.3) is 0 Å². The predicted molar refractivity (Wildman–Crippen MR) is 87.6 cm³/mol. The summed E-state index contributed by atoms with van der Waals surface area (Å²) in [5.41, 5.74) is 8.37. The first kappa shape index (κ1) is 17.1. The molecule has 0 fully saturated rings. The summed E-state index contributed by atoms with van der Waals surface area (Å²) in [6.45, 7) is 8.98. The number of nitrogen functional groups attached to an aromatic ring is 1. The van der Waals surface area contributed by atoms with Gasteiger partial charge in [-0.25, -0.2) is 4.79 Å². The number of ether oxygens (including phenoxy) is 1. The van der Waals surface area contributed by atoms with Crippen LogP contribution in [0.2, 0.25) is 0 Å². The lowest BCUT2D eigenvalue weighted by molar-refractivity contribution is 0.0527. The van der Waals surface area contributed by atoms with Crippen LogP contribution in [0.5, 0.6) is 0 Å². The maximum atomic E-state index is 11.4. The molecule has 0 aliphatic rings. The molecule has 0 radical (unpaired) electrons. The minimum Gasteiger partial charge on any atom is -0.444 e. The Balaban J connectivity index is 2.15. The third kappa shape index (κ3) is 6.88. The van der Waals surface area contributed by atoms with Crippen LogP contribution in [0.25, 0.3) is 0 Å². The molecule has 0 unspecified atom stereocenters. The van der Waals surface area contributed by atoms with Crippen LogP contribution >= 0.6 is 0 Å². The van der Waals surface area contributed by atoms with Gasteiger partial charge in [-0.1, -0.05) is 12.1 Å². The second-order valence-electron chi connectivity index (χ2n) is 6.10. The number of aryl methyl sites for hydroxylation is 1. The maximum absolute atomic E-state index is 11.4. The van der Waals surface area contributed by atoms with E-state index in [0.717, 1.165) is 36.3 Å². The lowest BCUT2D eigenvalue weighted by atomic mass is 10.1. The Morgan fingerprint density at radius 3 is 2.57 bits per heavy atom. The van der Waals surface area contributed by atoms with Gasteiger partial charge in [-0.2, -0.15) is 0 Å². The smallest absolute Gasteiger partial charge is 0.407 e. The van der Waals surface area contributed by atoms with E-state index in [-0.39, 0.29) is 6.09 Å². The second kappa shape index (κ2) is 7.76. The van der Waals surface area contributed by atoms with Gasteiger partial charge in [0.05, 0.1) is 11.4 Å². The van der Waals surface area contributed by atoms with Crippen LogP contribution < -0.4 is 16.4 Å². The molecule has 0 spiro atoms. The zero-order valence-electron chi connectivity index (χ0n) is 13.5. The van der Waals surface area contributed by atoms with Crippen LogP contribution in [-0.2, 0) is 4.74 Å². The van der Waals surface area contributed by atoms with Crippen LogP contribution in [0.4, 0.5) is 16.2 Å². The van der Waals surface area contributed by atoms with Crippen molar-refractivity contribution in [3.8, 4) is 0 Å². The molecular formula is C16H27N3O2. The first-order chi connectivity index (χ1) is 9.79. The van der Waals surface area contributed by atoms with Crippen molar-refractivity contribution < 1.29 is 9.53 Å². The van der Waals surface area contributed by atoms with Gasteiger partial charge in [0.2, 0.25) is 0 Å². The Kier molecular flexibility index (Phi) is 6.34. The van der Waals surface area contributed by atoms with Gasteiger partial charge in [0.1, 0.15) is 5.60 Å². The molecular weight excluding hydrogens is 266 g/mol. The van der Waals surface area contributed by atoms with Gasteiger partial charge >= 0.3 is 6.09 Å². The quantitative estimate of drug-likeness (QED) is 0.555. The van der Waals surface area contributed by atoms with E-state index in [4.69, 9.17) is 10.5 Å². The molecule has 4 N–H and O–H groups in total. The minimum atomic E-state index is -0.450. The molecule has 0 atom stereocenters. The summed E-state index contributed by atoms with van der Waals surface area (Å²) < 4.78 is 5.16. The number of anilines is 2. The summed E-state index contributed by atoms with van der Waals surface area (Å²) in [4.78, 5) is 11.4. The summed E-state index contributed by atoms with van der Waals surface area (Å²) in [6.07, 6.45) is 1.47. The van der Waals surface area contributed by atoms with Gasteiger partial charge < -0.3 is 21.1 Å². The van der Waals surface area contributed by atoms with E-state index in [1.54, 1.807) is 0 Å². The number of carbonyl (C=O) groups excluding carboxylic acids is 1. The Bertz CT molecular complexity index is 467. The van der Waals surface area contributed by atoms with Crippen molar-refractivity contribution >= 4 is 17.5 Å². The van der Waals surface area contributed by atoms with Crippen LogP contribution in [0.3, 0.4) is 0 Å². The molecule has 21 heavy (non-hydrogen) atoms. The van der Waals surface area contributed by atoms with Gasteiger partial charge in [0.15, 0.2) is 0 Å². The lowest BCUT2D eigenvalue weighted by Gasteiger charge is -2.19. The fourth-order valence-electron chi connectivity index (χ4n) is 1.81. The SMILES string of the molecule is Cc1cccc(NCCCCNC(=O)OC(C)(C)C)c1N. The highest BCUT2D eigenvalue weighted by atomic mass is 16.6. The molecule has 0 saturated heterocycles. The number of alkyl carbamates (subject to hydrolysis) is 1. The topological polar surface area (TPSA) is 76.4 Å². The third-order valence-electron chi connectivity index (χ3n) is 2.91. The monoisotopic (exact) mass is 293 g/mol. The Morgan fingerprint density at radius 2 is 1.90 bits per heavy atom. The van der Waals surface area contributed by atoms with Crippen LogP contribution in [0.15, 0.2) is 18.2 Å². The number of para-hydroxylation sites is 1. The van der Waals surface area contributed by atoms with E-state index >= 15 is 0 Å². The molecule has 0 aliphatic heterocycles. The summed E-state index contributed by atoms with van der Waals surface area (Å²) >= 11 is 0. The Morgan fingerprint density at radius 1 is 1.24 bits per heavy atom. The number of hydrogen-bond donors (Lipinski definition) is 3. The first-order valence-corrected chi connectivity index (χ1v) is 7.35. The van der Waals surface area contributed by atoms with Gasteiger partial charge in [-0.15, -0.1) is 0 Å². The maximum Gasteiger partial charge on any atom is 0.407 e. The molecule has 1 aromatic carbocycles. The molecule has 1 rings (SSSR count). The largest absolute Gasteiger partial charge is 0.444 e. The van der Waals surface area contributed by atoms with E-state index in [1.165, 1.54) is 0 Å². The van der Waals surface area contributed by atoms with Crippen molar-refractivity contribution in [2.75, 3.05) is 24.1 Å². The van der Waals surface area contributed by atoms with Gasteiger partial charge in [-0.05, 0) is 52.2 Å². The molecule has 0 heterocycles. The highest BCUT2D eigenvalue weighted by Gasteiger charge is 2.15. The number of benzene rings is 1. The molecule has 5 nitrogen and oxygen atoms in total. The standard InChI is InChI=1S/C16H27N3O2/c1-12-8-7-9-13(14(12)17)18-10-5-6-11-19-15(20)21-16(2,3)4/h7-9,18H,5-6,10-11,17H2,1-4H3,(H,19,20). The molecule has 0 aliphatic carbocycles. The van der Waals surface area contributed by atoms with Crippen molar-refractivity contribution in [1.29, 1.82) is 0 Å². The Labute approximate surface area is 127 Å². The molecule has 0 saturated carbocycles. The summed E-state index contributed by atoms with van der Waals surface area (Å²) in [7, 11) is 0. The van der Waals surface area contributed by atoms with E-state index < -0.39 is 5.60 Å². The van der Waals surface area contributed by atoms with Crippen molar-refractivity contribution in [1.82, 2.24) is 5.32 Å².